The molecule has 0 bridgehead atoms. The summed E-state index contributed by atoms with van der Waals surface area (Å²) in [5.74, 6) is 0.148. The van der Waals surface area contributed by atoms with Crippen LogP contribution in [-0.2, 0) is 18.9 Å². The van der Waals surface area contributed by atoms with E-state index in [0.29, 0.717) is 6.61 Å². The largest absolute Gasteiger partial charge is 0.377 e. The normalized spacial score (nSPS) is 32.7. The van der Waals surface area contributed by atoms with Gasteiger partial charge in [0, 0.05) is 34.2 Å². The molecule has 2 saturated heterocycles. The van der Waals surface area contributed by atoms with Gasteiger partial charge >= 0.3 is 0 Å². The number of hydrogen-bond acceptors (Lipinski definition) is 6. The Morgan fingerprint density at radius 2 is 1.96 bits per heavy atom. The molecule has 150 valence electrons. The number of thioether (sulfide) groups is 1. The van der Waals surface area contributed by atoms with Crippen LogP contribution >= 0.6 is 43.6 Å². The lowest BCUT2D eigenvalue weighted by Crippen LogP contribution is -2.57. The molecule has 2 fully saturated rings. The van der Waals surface area contributed by atoms with E-state index >= 15 is 0 Å². The molecule has 0 amide bonds. The summed E-state index contributed by atoms with van der Waals surface area (Å²) >= 11 is 8.60. The summed E-state index contributed by atoms with van der Waals surface area (Å²) in [6.45, 7) is 2.64. The third-order valence-electron chi connectivity index (χ3n) is 5.03. The van der Waals surface area contributed by atoms with Crippen molar-refractivity contribution in [3.63, 3.8) is 0 Å². The maximum Gasteiger partial charge on any atom is 0.184 e. The van der Waals surface area contributed by atoms with Crippen LogP contribution in [-0.4, -0.2) is 42.4 Å². The third-order valence-corrected chi connectivity index (χ3v) is 7.54. The first-order valence-electron chi connectivity index (χ1n) is 9.05. The highest BCUT2D eigenvalue weighted by atomic mass is 79.9. The molecule has 6 atom stereocenters. The van der Waals surface area contributed by atoms with E-state index < -0.39 is 0 Å². The average Bonchev–Trinajstić information content (AvgIpc) is 2.71. The molecule has 2 aliphatic heterocycles. The molecule has 0 aliphatic carbocycles. The zero-order chi connectivity index (χ0) is 19.7. The predicted octanol–water partition coefficient (Wildman–Crippen LogP) is 5.19. The first-order valence-corrected chi connectivity index (χ1v) is 11.5. The minimum atomic E-state index is -0.376. The highest BCUT2D eigenvalue weighted by Gasteiger charge is 2.48. The molecule has 1 aromatic carbocycles. The molecule has 0 saturated carbocycles. The van der Waals surface area contributed by atoms with Crippen molar-refractivity contribution in [1.29, 1.82) is 0 Å². The van der Waals surface area contributed by atoms with E-state index in [9.17, 15) is 0 Å². The Hall–Kier alpha value is -0.480. The van der Waals surface area contributed by atoms with E-state index in [0.717, 1.165) is 19.5 Å². The lowest BCUT2D eigenvalue weighted by Gasteiger charge is -2.48. The lowest BCUT2D eigenvalue weighted by atomic mass is 9.90. The van der Waals surface area contributed by atoms with Crippen molar-refractivity contribution in [3.05, 3.63) is 57.2 Å². The van der Waals surface area contributed by atoms with Crippen LogP contribution in [0.1, 0.15) is 18.8 Å². The molecule has 2 aromatic rings. The Balaban J connectivity index is 1.51. The Morgan fingerprint density at radius 3 is 2.71 bits per heavy atom. The van der Waals surface area contributed by atoms with Gasteiger partial charge in [-0.1, -0.05) is 49.0 Å². The van der Waals surface area contributed by atoms with Gasteiger partial charge in [0.2, 0.25) is 0 Å². The number of nitrogens with zero attached hydrogens (tertiary/aromatic N) is 1. The monoisotopic (exact) mass is 529 g/mol. The smallest absolute Gasteiger partial charge is 0.184 e. The summed E-state index contributed by atoms with van der Waals surface area (Å²) in [6, 6.07) is 12.0. The molecule has 0 radical (unpaired) electrons. The molecule has 28 heavy (non-hydrogen) atoms. The second-order valence-electron chi connectivity index (χ2n) is 6.84. The van der Waals surface area contributed by atoms with Gasteiger partial charge in [-0.05, 0) is 37.9 Å². The van der Waals surface area contributed by atoms with Crippen LogP contribution in [0.2, 0.25) is 0 Å². The van der Waals surface area contributed by atoms with E-state index in [1.807, 2.05) is 36.4 Å². The van der Waals surface area contributed by atoms with Gasteiger partial charge in [0.25, 0.3) is 0 Å². The molecule has 3 heterocycles. The van der Waals surface area contributed by atoms with Crippen LogP contribution in [0.25, 0.3) is 0 Å². The van der Waals surface area contributed by atoms with Gasteiger partial charge in [-0.15, -0.1) is 0 Å². The van der Waals surface area contributed by atoms with Crippen LogP contribution in [0.3, 0.4) is 0 Å². The molecule has 5 nitrogen and oxygen atoms in total. The first-order chi connectivity index (χ1) is 13.6. The number of ether oxygens (including phenoxy) is 4. The van der Waals surface area contributed by atoms with Crippen LogP contribution < -0.4 is 0 Å². The fourth-order valence-corrected chi connectivity index (χ4v) is 5.89. The van der Waals surface area contributed by atoms with Crippen LogP contribution in [0.4, 0.5) is 0 Å². The first kappa shape index (κ1) is 20.8. The molecular weight excluding hydrogens is 510 g/mol. The molecule has 0 N–H and O–H groups in total. The van der Waals surface area contributed by atoms with Crippen molar-refractivity contribution in [2.45, 2.75) is 41.9 Å². The van der Waals surface area contributed by atoms with E-state index in [1.54, 1.807) is 25.1 Å². The van der Waals surface area contributed by atoms with Crippen molar-refractivity contribution < 1.29 is 18.9 Å². The summed E-state index contributed by atoms with van der Waals surface area (Å²) in [5.41, 5.74) is 0.830. The minimum absolute atomic E-state index is 0.0927. The van der Waals surface area contributed by atoms with Crippen LogP contribution in [0, 0.1) is 5.92 Å². The SMILES string of the molecule is COC1C(C)[C@H]2OC(c3ccccc3)OCC2O[C@@H]1Sc1cc(Br)cnc1Br. The minimum Gasteiger partial charge on any atom is -0.377 e. The summed E-state index contributed by atoms with van der Waals surface area (Å²) in [4.78, 5) is 5.33. The van der Waals surface area contributed by atoms with Gasteiger partial charge in [-0.2, -0.15) is 0 Å². The van der Waals surface area contributed by atoms with Gasteiger partial charge < -0.3 is 18.9 Å². The fourth-order valence-electron chi connectivity index (χ4n) is 3.63. The fraction of sp³-hybridized carbons (Fsp3) is 0.450. The molecule has 1 aromatic heterocycles. The molecular formula is C20H21Br2NO4S. The summed E-state index contributed by atoms with van der Waals surface area (Å²) in [5, 5.41) is 0. The second-order valence-corrected chi connectivity index (χ2v) is 9.65. The van der Waals surface area contributed by atoms with Gasteiger partial charge in [0.15, 0.2) is 6.29 Å². The van der Waals surface area contributed by atoms with Crippen molar-refractivity contribution in [2.24, 2.45) is 5.92 Å². The number of pyridine rings is 1. The number of aromatic nitrogens is 1. The highest BCUT2D eigenvalue weighted by Crippen LogP contribution is 2.43. The van der Waals surface area contributed by atoms with Gasteiger partial charge in [-0.25, -0.2) is 4.98 Å². The summed E-state index contributed by atoms with van der Waals surface area (Å²) < 4.78 is 26.2. The van der Waals surface area contributed by atoms with E-state index in [-0.39, 0.29) is 36.0 Å². The number of benzene rings is 1. The number of methoxy groups -OCH3 is 1. The molecule has 8 heteroatoms. The third kappa shape index (κ3) is 4.33. The van der Waals surface area contributed by atoms with Crippen molar-refractivity contribution in [3.8, 4) is 0 Å². The number of rotatable bonds is 4. The molecule has 0 spiro atoms. The Morgan fingerprint density at radius 1 is 1.18 bits per heavy atom. The lowest BCUT2D eigenvalue weighted by molar-refractivity contribution is -0.309. The Bertz CT molecular complexity index is 812. The van der Waals surface area contributed by atoms with Gasteiger partial charge in [-0.3, -0.25) is 0 Å². The van der Waals surface area contributed by atoms with Crippen LogP contribution in [0.15, 0.2) is 56.6 Å². The van der Waals surface area contributed by atoms with Crippen molar-refractivity contribution in [1.82, 2.24) is 4.98 Å². The topological polar surface area (TPSA) is 49.8 Å². The Kier molecular flexibility index (Phi) is 6.77. The number of fused-ring (bicyclic) bond motifs is 1. The zero-order valence-corrected chi connectivity index (χ0v) is 19.4. The van der Waals surface area contributed by atoms with Crippen LogP contribution in [0.5, 0.6) is 0 Å². The molecule has 4 unspecified atom stereocenters. The van der Waals surface area contributed by atoms with E-state index in [2.05, 4.69) is 43.8 Å². The maximum atomic E-state index is 6.37. The van der Waals surface area contributed by atoms with E-state index in [4.69, 9.17) is 18.9 Å². The second kappa shape index (κ2) is 9.12. The summed E-state index contributed by atoms with van der Waals surface area (Å²) in [7, 11) is 1.72. The molecule has 2 aliphatic rings. The maximum absolute atomic E-state index is 6.37. The van der Waals surface area contributed by atoms with Gasteiger partial charge in [0.1, 0.15) is 16.1 Å². The standard InChI is InChI=1S/C20H21Br2NO4S/c1-11-16-14(10-25-19(27-16)12-6-4-3-5-7-12)26-20(17(11)24-2)28-15-8-13(21)9-23-18(15)22/h3-9,11,14,16-17,19-20H,10H2,1-2H3/t11?,14?,16-,17?,19?,20-/m1/s1. The molecule has 4 rings (SSSR count). The quantitative estimate of drug-likeness (QED) is 0.507. The van der Waals surface area contributed by atoms with Crippen molar-refractivity contribution in [2.75, 3.05) is 13.7 Å². The zero-order valence-electron chi connectivity index (χ0n) is 15.5. The van der Waals surface area contributed by atoms with Gasteiger partial charge in [0.05, 0.1) is 18.8 Å². The number of halogens is 2. The van der Waals surface area contributed by atoms with Crippen molar-refractivity contribution >= 4 is 43.6 Å². The average molecular weight is 531 g/mol. The number of hydrogen-bond donors (Lipinski definition) is 0. The highest BCUT2D eigenvalue weighted by molar-refractivity contribution is 9.11. The predicted molar refractivity (Wildman–Crippen MR) is 114 cm³/mol. The Labute approximate surface area is 185 Å². The van der Waals surface area contributed by atoms with E-state index in [1.165, 1.54) is 0 Å². The summed E-state index contributed by atoms with van der Waals surface area (Å²) in [6.07, 6.45) is 1.03.